The third-order valence-electron chi connectivity index (χ3n) is 5.05. The molecule has 0 spiro atoms. The van der Waals surface area contributed by atoms with E-state index in [0.29, 0.717) is 12.1 Å². The Balaban J connectivity index is 0.00000341. The molecule has 2 N–H and O–H groups in total. The van der Waals surface area contributed by atoms with Gasteiger partial charge in [0.05, 0.1) is 12.1 Å². The highest BCUT2D eigenvalue weighted by molar-refractivity contribution is 5.85. The van der Waals surface area contributed by atoms with Gasteiger partial charge in [0.25, 0.3) is 0 Å². The third kappa shape index (κ3) is 4.95. The maximum atomic E-state index is 13.8. The minimum atomic E-state index is -4.68. The van der Waals surface area contributed by atoms with Gasteiger partial charge in [-0.15, -0.1) is 22.6 Å². The van der Waals surface area contributed by atoms with Crippen molar-refractivity contribution in [1.29, 1.82) is 0 Å². The average molecular weight is 472 g/mol. The molecule has 1 aliphatic rings. The van der Waals surface area contributed by atoms with Crippen molar-refractivity contribution in [1.82, 2.24) is 19.7 Å². The Morgan fingerprint density at radius 3 is 2.39 bits per heavy atom. The van der Waals surface area contributed by atoms with E-state index in [1.54, 1.807) is 0 Å². The highest BCUT2D eigenvalue weighted by Crippen LogP contribution is 2.36. The summed E-state index contributed by atoms with van der Waals surface area (Å²) in [5, 5.41) is 6.83. The number of nitrogens with two attached hydrogens (primary N) is 1. The van der Waals surface area contributed by atoms with Crippen LogP contribution in [0.15, 0.2) is 12.1 Å². The van der Waals surface area contributed by atoms with Gasteiger partial charge in [-0.05, 0) is 31.9 Å². The van der Waals surface area contributed by atoms with Crippen LogP contribution in [0, 0.1) is 17.5 Å². The Kier molecular flexibility index (Phi) is 7.26. The lowest BCUT2D eigenvalue weighted by Gasteiger charge is -2.38. The van der Waals surface area contributed by atoms with Crippen molar-refractivity contribution < 1.29 is 31.1 Å². The van der Waals surface area contributed by atoms with Crippen LogP contribution < -0.4 is 5.73 Å². The molecular weight excluding hydrogens is 452 g/mol. The van der Waals surface area contributed by atoms with E-state index in [-0.39, 0.29) is 43.2 Å². The summed E-state index contributed by atoms with van der Waals surface area (Å²) in [7, 11) is 0. The molecule has 0 aliphatic carbocycles. The monoisotopic (exact) mass is 471 g/mol. The number of benzene rings is 1. The zero-order valence-corrected chi connectivity index (χ0v) is 17.3. The highest BCUT2D eigenvalue weighted by Gasteiger charge is 2.43. The number of halogens is 7. The summed E-state index contributed by atoms with van der Waals surface area (Å²) in [5.41, 5.74) is 5.72. The van der Waals surface area contributed by atoms with Gasteiger partial charge in [0, 0.05) is 25.1 Å². The van der Waals surface area contributed by atoms with Crippen molar-refractivity contribution in [2.75, 3.05) is 6.54 Å². The Morgan fingerprint density at radius 1 is 1.16 bits per heavy atom. The van der Waals surface area contributed by atoms with Gasteiger partial charge in [-0.3, -0.25) is 4.79 Å². The molecule has 2 heterocycles. The summed E-state index contributed by atoms with van der Waals surface area (Å²) in [6, 6.07) is -1.35. The molecule has 1 amide bonds. The minimum Gasteiger partial charge on any atom is -0.331 e. The average Bonchev–Trinajstić information content (AvgIpc) is 3.09. The van der Waals surface area contributed by atoms with E-state index in [2.05, 4.69) is 10.2 Å². The zero-order chi connectivity index (χ0) is 22.4. The van der Waals surface area contributed by atoms with Crippen LogP contribution in [0.3, 0.4) is 0 Å². The normalized spacial score (nSPS) is 19.6. The smallest absolute Gasteiger partial charge is 0.331 e. The van der Waals surface area contributed by atoms with Gasteiger partial charge in [-0.25, -0.2) is 13.2 Å². The van der Waals surface area contributed by atoms with Crippen molar-refractivity contribution in [2.24, 2.45) is 5.73 Å². The number of alkyl halides is 3. The Morgan fingerprint density at radius 2 is 1.77 bits per heavy atom. The highest BCUT2D eigenvalue weighted by atomic mass is 35.5. The molecule has 1 aromatic heterocycles. The molecule has 0 radical (unpaired) electrons. The van der Waals surface area contributed by atoms with Gasteiger partial charge in [-0.2, -0.15) is 13.2 Å². The molecule has 13 heteroatoms. The summed E-state index contributed by atoms with van der Waals surface area (Å²) < 4.78 is 80.5. The van der Waals surface area contributed by atoms with Crippen LogP contribution in [0.25, 0.3) is 0 Å². The molecule has 1 aromatic carbocycles. The molecule has 3 atom stereocenters. The fraction of sp³-hybridized carbons (Fsp3) is 0.500. The first-order chi connectivity index (χ1) is 13.9. The van der Waals surface area contributed by atoms with Crippen molar-refractivity contribution in [3.8, 4) is 0 Å². The van der Waals surface area contributed by atoms with Crippen LogP contribution in [-0.4, -0.2) is 38.2 Å². The summed E-state index contributed by atoms with van der Waals surface area (Å²) in [4.78, 5) is 14.0. The van der Waals surface area contributed by atoms with Crippen molar-refractivity contribution >= 4 is 18.3 Å². The van der Waals surface area contributed by atoms with Crippen LogP contribution in [0.1, 0.15) is 49.6 Å². The molecule has 1 aliphatic heterocycles. The predicted octanol–water partition coefficient (Wildman–Crippen LogP) is 3.56. The van der Waals surface area contributed by atoms with Crippen molar-refractivity contribution in [3.63, 3.8) is 0 Å². The van der Waals surface area contributed by atoms with E-state index in [0.717, 1.165) is 4.57 Å². The lowest BCUT2D eigenvalue weighted by Crippen LogP contribution is -2.45. The minimum absolute atomic E-state index is 0. The maximum Gasteiger partial charge on any atom is 0.451 e. The Hall–Kier alpha value is -2.34. The Labute approximate surface area is 179 Å². The second-order valence-corrected chi connectivity index (χ2v) is 7.35. The number of hydrogen-bond acceptors (Lipinski definition) is 4. The van der Waals surface area contributed by atoms with E-state index in [4.69, 9.17) is 5.73 Å². The quantitative estimate of drug-likeness (QED) is 0.546. The molecule has 6 nitrogen and oxygen atoms in total. The van der Waals surface area contributed by atoms with Gasteiger partial charge in [-0.1, -0.05) is 0 Å². The molecule has 0 saturated heterocycles. The van der Waals surface area contributed by atoms with Crippen LogP contribution >= 0.6 is 12.4 Å². The predicted molar refractivity (Wildman–Crippen MR) is 99.7 cm³/mol. The van der Waals surface area contributed by atoms with Crippen LogP contribution in [0.2, 0.25) is 0 Å². The van der Waals surface area contributed by atoms with E-state index in [1.165, 1.54) is 18.7 Å². The second-order valence-electron chi connectivity index (χ2n) is 7.35. The van der Waals surface area contributed by atoms with Crippen LogP contribution in [-0.2, 0) is 17.4 Å². The molecule has 0 unspecified atom stereocenters. The third-order valence-corrected chi connectivity index (χ3v) is 5.05. The number of hydrogen-bond donors (Lipinski definition) is 1. The first kappa shape index (κ1) is 24.9. The molecule has 31 heavy (non-hydrogen) atoms. The molecule has 0 bridgehead atoms. The fourth-order valence-corrected chi connectivity index (χ4v) is 3.61. The summed E-state index contributed by atoms with van der Waals surface area (Å²) in [5.74, 6) is -5.16. The van der Waals surface area contributed by atoms with E-state index in [9.17, 15) is 31.1 Å². The number of carbonyl (C=O) groups excluding carboxylic acids is 1. The van der Waals surface area contributed by atoms with Gasteiger partial charge in [0.15, 0.2) is 17.5 Å². The van der Waals surface area contributed by atoms with Crippen molar-refractivity contribution in [3.05, 3.63) is 46.8 Å². The number of carbonyl (C=O) groups is 1. The molecule has 3 rings (SSSR count). The topological polar surface area (TPSA) is 77.0 Å². The van der Waals surface area contributed by atoms with Crippen LogP contribution in [0.5, 0.6) is 0 Å². The maximum absolute atomic E-state index is 13.8. The van der Waals surface area contributed by atoms with E-state index in [1.807, 2.05) is 0 Å². The van der Waals surface area contributed by atoms with Crippen LogP contribution in [0.4, 0.5) is 26.3 Å². The van der Waals surface area contributed by atoms with E-state index < -0.39 is 53.5 Å². The van der Waals surface area contributed by atoms with Gasteiger partial charge < -0.3 is 15.2 Å². The molecule has 172 valence electrons. The lowest BCUT2D eigenvalue weighted by atomic mass is 10.0. The van der Waals surface area contributed by atoms with Gasteiger partial charge in [0.1, 0.15) is 5.82 Å². The molecule has 0 fully saturated rings. The number of rotatable bonds is 4. The number of aromatic nitrogens is 3. The molecule has 2 aromatic rings. The summed E-state index contributed by atoms with van der Waals surface area (Å²) in [6.45, 7) is 3.00. The first-order valence-corrected chi connectivity index (χ1v) is 9.10. The van der Waals surface area contributed by atoms with Crippen molar-refractivity contribution in [2.45, 2.75) is 51.0 Å². The zero-order valence-electron chi connectivity index (χ0n) is 16.5. The molecular formula is C18H20ClF6N5O. The second kappa shape index (κ2) is 9.03. The van der Waals surface area contributed by atoms with Gasteiger partial charge in [0.2, 0.25) is 11.7 Å². The Bertz CT molecular complexity index is 966. The standard InChI is InChI=1S/C18H19F6N5O.ClH/c1-8-7-28(9(2)16-26-27-17(29(8)16)18(22,23)24)15(30)5-11(25)3-10-4-13(20)14(21)6-12(10)19;/h4,6,8-9,11H,3,5,7,25H2,1-2H3;1H/t8-,9-,11+;/m0./s1. The van der Waals surface area contributed by atoms with E-state index >= 15 is 0 Å². The number of nitrogens with zero attached hydrogens (tertiary/aromatic N) is 4. The largest absolute Gasteiger partial charge is 0.451 e. The SMILES string of the molecule is C[C@H]1c2nnc(C(F)(F)F)n2[C@@H](C)CN1C(=O)C[C@H](N)Cc1cc(F)c(F)cc1F.Cl. The summed E-state index contributed by atoms with van der Waals surface area (Å²) >= 11 is 0. The summed E-state index contributed by atoms with van der Waals surface area (Å²) in [6.07, 6.45) is -5.17. The van der Waals surface area contributed by atoms with Gasteiger partial charge >= 0.3 is 6.18 Å². The lowest BCUT2D eigenvalue weighted by molar-refractivity contribution is -0.149. The molecule has 0 saturated carbocycles. The fourth-order valence-electron chi connectivity index (χ4n) is 3.61. The number of amides is 1. The first-order valence-electron chi connectivity index (χ1n) is 9.10. The number of fused-ring (bicyclic) bond motifs is 1.